The molecule has 0 fully saturated rings. The van der Waals surface area contributed by atoms with Gasteiger partial charge in [0.15, 0.2) is 0 Å². The number of nitrogens with one attached hydrogen (secondary N) is 1. The zero-order chi connectivity index (χ0) is 12.6. The number of nitrogens with zero attached hydrogens (tertiary/aromatic N) is 1. The lowest BCUT2D eigenvalue weighted by atomic mass is 9.99. The van der Waals surface area contributed by atoms with E-state index in [0.29, 0.717) is 0 Å². The first-order valence-corrected chi connectivity index (χ1v) is 6.17. The molecule has 96 valence electrons. The Bertz CT molecular complexity index is 195. The normalized spacial score (nSPS) is 14.9. The highest BCUT2D eigenvalue weighted by Crippen LogP contribution is 2.04. The predicted molar refractivity (Wildman–Crippen MR) is 68.2 cm³/mol. The van der Waals surface area contributed by atoms with Gasteiger partial charge in [0.25, 0.3) is 0 Å². The molecule has 0 aromatic rings. The molecule has 1 amide bonds. The average Bonchev–Trinajstić information content (AvgIpc) is 2.25. The number of carbonyl (C=O) groups excluding carboxylic acids is 1. The topological polar surface area (TPSA) is 58.4 Å². The summed E-state index contributed by atoms with van der Waals surface area (Å²) in [5.74, 6) is 0.237. The Hall–Kier alpha value is -0.610. The summed E-state index contributed by atoms with van der Waals surface area (Å²) in [6, 6.07) is -0.362. The van der Waals surface area contributed by atoms with Crippen LogP contribution in [0.5, 0.6) is 0 Å². The van der Waals surface area contributed by atoms with Crippen molar-refractivity contribution in [2.75, 3.05) is 27.2 Å². The first-order valence-electron chi connectivity index (χ1n) is 6.17. The van der Waals surface area contributed by atoms with Gasteiger partial charge in [-0.2, -0.15) is 0 Å². The van der Waals surface area contributed by atoms with Crippen LogP contribution in [0.4, 0.5) is 0 Å². The van der Waals surface area contributed by atoms with Gasteiger partial charge in [-0.25, -0.2) is 0 Å². The first kappa shape index (κ1) is 15.4. The second-order valence-electron chi connectivity index (χ2n) is 4.71. The lowest BCUT2D eigenvalue weighted by Crippen LogP contribution is -2.44. The van der Waals surface area contributed by atoms with Crippen molar-refractivity contribution in [3.05, 3.63) is 0 Å². The number of amides is 1. The maximum absolute atomic E-state index is 11.6. The predicted octanol–water partition coefficient (Wildman–Crippen LogP) is 0.818. The Balaban J connectivity index is 3.57. The van der Waals surface area contributed by atoms with E-state index in [0.717, 1.165) is 32.4 Å². The molecular weight excluding hydrogens is 202 g/mol. The lowest BCUT2D eigenvalue weighted by Gasteiger charge is -2.17. The van der Waals surface area contributed by atoms with E-state index in [-0.39, 0.29) is 17.9 Å². The van der Waals surface area contributed by atoms with Crippen LogP contribution in [0.2, 0.25) is 0 Å². The Labute approximate surface area is 99.6 Å². The number of rotatable bonds is 8. The van der Waals surface area contributed by atoms with Crippen LogP contribution in [0.1, 0.15) is 33.1 Å². The summed E-state index contributed by atoms with van der Waals surface area (Å²) < 4.78 is 0. The molecule has 0 bridgehead atoms. The van der Waals surface area contributed by atoms with E-state index < -0.39 is 0 Å². The van der Waals surface area contributed by atoms with Crippen LogP contribution in [0.3, 0.4) is 0 Å². The Morgan fingerprint density at radius 2 is 2.00 bits per heavy atom. The fourth-order valence-corrected chi connectivity index (χ4v) is 1.39. The average molecular weight is 229 g/mol. The minimum atomic E-state index is -0.362. The van der Waals surface area contributed by atoms with E-state index >= 15 is 0 Å². The van der Waals surface area contributed by atoms with E-state index in [1.165, 1.54) is 0 Å². The quantitative estimate of drug-likeness (QED) is 0.606. The molecule has 0 aliphatic heterocycles. The summed E-state index contributed by atoms with van der Waals surface area (Å²) >= 11 is 0. The van der Waals surface area contributed by atoms with Gasteiger partial charge in [0.2, 0.25) is 5.91 Å². The van der Waals surface area contributed by atoms with Gasteiger partial charge in [0.1, 0.15) is 0 Å². The smallest absolute Gasteiger partial charge is 0.237 e. The second-order valence-corrected chi connectivity index (χ2v) is 4.71. The molecule has 0 saturated carbocycles. The highest BCUT2D eigenvalue weighted by molar-refractivity contribution is 5.81. The van der Waals surface area contributed by atoms with Gasteiger partial charge in [-0.05, 0) is 39.4 Å². The maximum atomic E-state index is 11.6. The maximum Gasteiger partial charge on any atom is 0.237 e. The van der Waals surface area contributed by atoms with Crippen LogP contribution < -0.4 is 11.1 Å². The van der Waals surface area contributed by atoms with Crippen molar-refractivity contribution in [1.82, 2.24) is 10.2 Å². The van der Waals surface area contributed by atoms with Gasteiger partial charge in [-0.3, -0.25) is 4.79 Å². The molecule has 0 heterocycles. The summed E-state index contributed by atoms with van der Waals surface area (Å²) in [6.45, 7) is 5.86. The molecule has 0 spiro atoms. The van der Waals surface area contributed by atoms with Crippen LogP contribution in [0.15, 0.2) is 0 Å². The van der Waals surface area contributed by atoms with Crippen molar-refractivity contribution in [3.63, 3.8) is 0 Å². The third-order valence-electron chi connectivity index (χ3n) is 2.89. The van der Waals surface area contributed by atoms with Gasteiger partial charge in [0, 0.05) is 6.54 Å². The Morgan fingerprint density at radius 1 is 1.38 bits per heavy atom. The highest BCUT2D eigenvalue weighted by atomic mass is 16.2. The van der Waals surface area contributed by atoms with Crippen LogP contribution in [0, 0.1) is 5.92 Å². The van der Waals surface area contributed by atoms with Gasteiger partial charge in [0.05, 0.1) is 6.04 Å². The molecule has 16 heavy (non-hydrogen) atoms. The molecule has 4 heteroatoms. The highest BCUT2D eigenvalue weighted by Gasteiger charge is 2.18. The van der Waals surface area contributed by atoms with Crippen molar-refractivity contribution in [2.24, 2.45) is 11.7 Å². The van der Waals surface area contributed by atoms with E-state index in [1.54, 1.807) is 0 Å². The second kappa shape index (κ2) is 8.53. The molecule has 0 unspecified atom stereocenters. The largest absolute Gasteiger partial charge is 0.355 e. The SMILES string of the molecule is CC[C@H](C)[C@H](N)C(=O)NCCCCN(C)C. The van der Waals surface area contributed by atoms with Gasteiger partial charge < -0.3 is 16.0 Å². The van der Waals surface area contributed by atoms with E-state index in [1.807, 2.05) is 6.92 Å². The summed E-state index contributed by atoms with van der Waals surface area (Å²) in [4.78, 5) is 13.7. The number of unbranched alkanes of at least 4 members (excludes halogenated alkanes) is 1. The van der Waals surface area contributed by atoms with Crippen molar-refractivity contribution >= 4 is 5.91 Å². The Morgan fingerprint density at radius 3 is 2.50 bits per heavy atom. The van der Waals surface area contributed by atoms with Crippen LogP contribution in [-0.2, 0) is 4.79 Å². The third kappa shape index (κ3) is 6.80. The molecule has 0 saturated heterocycles. The fourth-order valence-electron chi connectivity index (χ4n) is 1.39. The number of hydrogen-bond acceptors (Lipinski definition) is 3. The number of carbonyl (C=O) groups is 1. The van der Waals surface area contributed by atoms with Crippen molar-refractivity contribution < 1.29 is 4.79 Å². The zero-order valence-corrected chi connectivity index (χ0v) is 11.1. The molecule has 0 aromatic heterocycles. The number of nitrogens with two attached hydrogens (primary N) is 1. The van der Waals surface area contributed by atoms with Crippen LogP contribution >= 0.6 is 0 Å². The molecule has 0 rings (SSSR count). The lowest BCUT2D eigenvalue weighted by molar-refractivity contribution is -0.123. The van der Waals surface area contributed by atoms with Gasteiger partial charge in [-0.1, -0.05) is 20.3 Å². The minimum absolute atomic E-state index is 0.0146. The Kier molecular flexibility index (Phi) is 8.21. The monoisotopic (exact) mass is 229 g/mol. The van der Waals surface area contributed by atoms with Gasteiger partial charge in [-0.15, -0.1) is 0 Å². The van der Waals surface area contributed by atoms with Crippen molar-refractivity contribution in [1.29, 1.82) is 0 Å². The zero-order valence-electron chi connectivity index (χ0n) is 11.1. The van der Waals surface area contributed by atoms with E-state index in [9.17, 15) is 4.79 Å². The minimum Gasteiger partial charge on any atom is -0.355 e. The van der Waals surface area contributed by atoms with Crippen molar-refractivity contribution in [2.45, 2.75) is 39.2 Å². The van der Waals surface area contributed by atoms with Crippen LogP contribution in [-0.4, -0.2) is 44.0 Å². The number of hydrogen-bond donors (Lipinski definition) is 2. The molecule has 0 aliphatic rings. The van der Waals surface area contributed by atoms with Crippen molar-refractivity contribution in [3.8, 4) is 0 Å². The molecule has 3 N–H and O–H groups in total. The molecule has 0 radical (unpaired) electrons. The summed E-state index contributed by atoms with van der Waals surface area (Å²) in [6.07, 6.45) is 3.05. The van der Waals surface area contributed by atoms with Crippen LogP contribution in [0.25, 0.3) is 0 Å². The summed E-state index contributed by atoms with van der Waals surface area (Å²) in [7, 11) is 4.11. The first-order chi connectivity index (χ1) is 7.49. The molecule has 2 atom stereocenters. The summed E-state index contributed by atoms with van der Waals surface area (Å²) in [5.41, 5.74) is 5.81. The molecular formula is C12H27N3O. The van der Waals surface area contributed by atoms with E-state index in [2.05, 4.69) is 31.2 Å². The van der Waals surface area contributed by atoms with E-state index in [4.69, 9.17) is 5.73 Å². The fraction of sp³-hybridized carbons (Fsp3) is 0.917. The van der Waals surface area contributed by atoms with Gasteiger partial charge >= 0.3 is 0 Å². The molecule has 4 nitrogen and oxygen atoms in total. The molecule has 0 aromatic carbocycles. The third-order valence-corrected chi connectivity index (χ3v) is 2.89. The summed E-state index contributed by atoms with van der Waals surface area (Å²) in [5, 5.41) is 2.89. The molecule has 0 aliphatic carbocycles. The standard InChI is InChI=1S/C12H27N3O/c1-5-10(2)11(13)12(16)14-8-6-7-9-15(3)4/h10-11H,5-9,13H2,1-4H3,(H,14,16)/t10-,11-/m0/s1.